The smallest absolute Gasteiger partial charge is 0.320 e. The number of carboxylic acids is 1. The minimum Gasteiger partial charge on any atom is -0.480 e. The van der Waals surface area contributed by atoms with E-state index in [9.17, 15) is 9.90 Å². The first-order valence-electron chi connectivity index (χ1n) is 6.62. The van der Waals surface area contributed by atoms with Gasteiger partial charge in [0.25, 0.3) is 0 Å². The van der Waals surface area contributed by atoms with Crippen LogP contribution in [0.2, 0.25) is 0 Å². The van der Waals surface area contributed by atoms with E-state index in [-0.39, 0.29) is 6.04 Å². The van der Waals surface area contributed by atoms with Crippen molar-refractivity contribution in [2.75, 3.05) is 6.54 Å². The average molecular weight is 279 g/mol. The van der Waals surface area contributed by atoms with Crippen LogP contribution in [0.5, 0.6) is 0 Å². The Bertz CT molecular complexity index is 549. The number of aliphatic carboxylic acids is 1. The van der Waals surface area contributed by atoms with Gasteiger partial charge in [-0.1, -0.05) is 12.8 Å². The molecule has 1 N–H and O–H groups in total. The lowest BCUT2D eigenvalue weighted by Gasteiger charge is -2.25. The maximum atomic E-state index is 11.4. The normalized spacial score (nSPS) is 21.6. The van der Waals surface area contributed by atoms with Gasteiger partial charge in [0.2, 0.25) is 0 Å². The van der Waals surface area contributed by atoms with Gasteiger partial charge < -0.3 is 5.11 Å². The van der Waals surface area contributed by atoms with Crippen molar-refractivity contribution in [2.45, 2.75) is 38.3 Å². The van der Waals surface area contributed by atoms with Gasteiger partial charge in [-0.05, 0) is 19.4 Å². The number of rotatable bonds is 3. The van der Waals surface area contributed by atoms with Crippen molar-refractivity contribution >= 4 is 22.3 Å². The molecule has 102 valence electrons. The first-order valence-corrected chi connectivity index (χ1v) is 7.50. The number of hydrogen-bond acceptors (Lipinski definition) is 4. The molecule has 1 aliphatic rings. The van der Waals surface area contributed by atoms with Gasteiger partial charge in [-0.3, -0.25) is 14.1 Å². The molecule has 0 aromatic carbocycles. The molecule has 1 aliphatic heterocycles. The zero-order valence-corrected chi connectivity index (χ0v) is 11.5. The highest BCUT2D eigenvalue weighted by molar-refractivity contribution is 7.15. The molecule has 0 saturated carbocycles. The lowest BCUT2D eigenvalue weighted by Crippen LogP contribution is -2.40. The SMILES string of the molecule is O=C(O)C1CCCCCN1Cc1cn2ccsc2n1. The highest BCUT2D eigenvalue weighted by atomic mass is 32.1. The highest BCUT2D eigenvalue weighted by Crippen LogP contribution is 2.20. The van der Waals surface area contributed by atoms with Crippen LogP contribution in [-0.4, -0.2) is 37.9 Å². The molecule has 1 unspecified atom stereocenters. The molecular formula is C13H17N3O2S. The Morgan fingerprint density at radius 1 is 1.47 bits per heavy atom. The Morgan fingerprint density at radius 2 is 2.37 bits per heavy atom. The van der Waals surface area contributed by atoms with Crippen LogP contribution in [0.25, 0.3) is 4.96 Å². The Morgan fingerprint density at radius 3 is 3.16 bits per heavy atom. The van der Waals surface area contributed by atoms with Gasteiger partial charge in [0.05, 0.1) is 5.69 Å². The first-order chi connectivity index (χ1) is 9.24. The van der Waals surface area contributed by atoms with Crippen molar-refractivity contribution < 1.29 is 9.90 Å². The molecule has 2 aromatic rings. The maximum Gasteiger partial charge on any atom is 0.320 e. The van der Waals surface area contributed by atoms with Crippen molar-refractivity contribution in [3.63, 3.8) is 0 Å². The van der Waals surface area contributed by atoms with Crippen molar-refractivity contribution in [1.82, 2.24) is 14.3 Å². The van der Waals surface area contributed by atoms with Crippen molar-refractivity contribution in [1.29, 1.82) is 0 Å². The summed E-state index contributed by atoms with van der Waals surface area (Å²) in [5.41, 5.74) is 0.958. The van der Waals surface area contributed by atoms with Crippen molar-refractivity contribution in [3.8, 4) is 0 Å². The summed E-state index contributed by atoms with van der Waals surface area (Å²) in [4.78, 5) is 18.9. The van der Waals surface area contributed by atoms with Gasteiger partial charge in [-0.25, -0.2) is 4.98 Å². The molecule has 2 aromatic heterocycles. The number of imidazole rings is 1. The average Bonchev–Trinajstić information content (AvgIpc) is 2.84. The van der Waals surface area contributed by atoms with Crippen LogP contribution in [-0.2, 0) is 11.3 Å². The molecule has 19 heavy (non-hydrogen) atoms. The zero-order valence-electron chi connectivity index (χ0n) is 10.7. The summed E-state index contributed by atoms with van der Waals surface area (Å²) < 4.78 is 1.99. The van der Waals surface area contributed by atoms with E-state index in [2.05, 4.69) is 9.88 Å². The van der Waals surface area contributed by atoms with E-state index < -0.39 is 5.97 Å². The highest BCUT2D eigenvalue weighted by Gasteiger charge is 2.27. The van der Waals surface area contributed by atoms with E-state index in [1.54, 1.807) is 11.3 Å². The number of fused-ring (bicyclic) bond motifs is 1. The van der Waals surface area contributed by atoms with E-state index in [0.29, 0.717) is 6.54 Å². The third kappa shape index (κ3) is 2.64. The number of aromatic nitrogens is 2. The number of carbonyl (C=O) groups is 1. The monoisotopic (exact) mass is 279 g/mol. The summed E-state index contributed by atoms with van der Waals surface area (Å²) in [5.74, 6) is -0.706. The summed E-state index contributed by atoms with van der Waals surface area (Å²) >= 11 is 1.60. The fourth-order valence-corrected chi connectivity index (χ4v) is 3.42. The van der Waals surface area contributed by atoms with Crippen LogP contribution >= 0.6 is 11.3 Å². The molecule has 5 nitrogen and oxygen atoms in total. The standard InChI is InChI=1S/C13H17N3O2S/c17-12(18)11-4-2-1-3-5-15(11)8-10-9-16-6-7-19-13(16)14-10/h6-7,9,11H,1-5,8H2,(H,17,18). The van der Waals surface area contributed by atoms with Crippen LogP contribution in [0.4, 0.5) is 0 Å². The Kier molecular flexibility index (Phi) is 3.52. The third-order valence-electron chi connectivity index (χ3n) is 3.66. The second kappa shape index (κ2) is 5.30. The zero-order chi connectivity index (χ0) is 13.2. The minimum atomic E-state index is -0.706. The van der Waals surface area contributed by atoms with Crippen LogP contribution in [0, 0.1) is 0 Å². The van der Waals surface area contributed by atoms with E-state index in [4.69, 9.17) is 0 Å². The summed E-state index contributed by atoms with van der Waals surface area (Å²) in [6.45, 7) is 1.48. The van der Waals surface area contributed by atoms with E-state index in [1.807, 2.05) is 22.2 Å². The minimum absolute atomic E-state index is 0.359. The van der Waals surface area contributed by atoms with Gasteiger partial charge >= 0.3 is 5.97 Å². The van der Waals surface area contributed by atoms with Crippen LogP contribution in [0.15, 0.2) is 17.8 Å². The molecule has 3 heterocycles. The molecule has 0 radical (unpaired) electrons. The summed E-state index contributed by atoms with van der Waals surface area (Å²) in [7, 11) is 0. The number of thiazole rings is 1. The summed E-state index contributed by atoms with van der Waals surface area (Å²) in [6.07, 6.45) is 7.93. The molecule has 0 aliphatic carbocycles. The number of likely N-dealkylation sites (tertiary alicyclic amines) is 1. The Balaban J connectivity index is 1.78. The molecule has 6 heteroatoms. The molecule has 1 saturated heterocycles. The van der Waals surface area contributed by atoms with E-state index >= 15 is 0 Å². The fraction of sp³-hybridized carbons (Fsp3) is 0.538. The predicted octanol–water partition coefficient (Wildman–Crippen LogP) is 2.23. The van der Waals surface area contributed by atoms with E-state index in [1.165, 1.54) is 0 Å². The van der Waals surface area contributed by atoms with Crippen LogP contribution in [0.1, 0.15) is 31.4 Å². The van der Waals surface area contributed by atoms with Gasteiger partial charge in [0, 0.05) is 24.3 Å². The molecule has 3 rings (SSSR count). The first kappa shape index (κ1) is 12.6. The van der Waals surface area contributed by atoms with Gasteiger partial charge in [0.1, 0.15) is 6.04 Å². The molecule has 0 spiro atoms. The number of hydrogen-bond donors (Lipinski definition) is 1. The number of nitrogens with zero attached hydrogens (tertiary/aromatic N) is 3. The Hall–Kier alpha value is -1.40. The van der Waals surface area contributed by atoms with Gasteiger partial charge in [0.15, 0.2) is 4.96 Å². The lowest BCUT2D eigenvalue weighted by molar-refractivity contribution is -0.143. The van der Waals surface area contributed by atoms with Gasteiger partial charge in [-0.15, -0.1) is 11.3 Å². The second-order valence-corrected chi connectivity index (χ2v) is 5.87. The lowest BCUT2D eigenvalue weighted by atomic mass is 10.1. The largest absolute Gasteiger partial charge is 0.480 e. The van der Waals surface area contributed by atoms with Gasteiger partial charge in [-0.2, -0.15) is 0 Å². The van der Waals surface area contributed by atoms with Crippen LogP contribution in [0.3, 0.4) is 0 Å². The van der Waals surface area contributed by atoms with Crippen molar-refractivity contribution in [2.24, 2.45) is 0 Å². The molecule has 1 fully saturated rings. The number of carboxylic acid groups (broad SMARTS) is 1. The third-order valence-corrected chi connectivity index (χ3v) is 4.43. The molecule has 0 bridgehead atoms. The Labute approximate surface area is 115 Å². The summed E-state index contributed by atoms with van der Waals surface area (Å²) in [6, 6.07) is -0.359. The predicted molar refractivity (Wildman–Crippen MR) is 73.4 cm³/mol. The second-order valence-electron chi connectivity index (χ2n) is 5.00. The molecule has 1 atom stereocenters. The maximum absolute atomic E-state index is 11.4. The van der Waals surface area contributed by atoms with Crippen molar-refractivity contribution in [3.05, 3.63) is 23.5 Å². The quantitative estimate of drug-likeness (QED) is 0.936. The molecular weight excluding hydrogens is 262 g/mol. The summed E-state index contributed by atoms with van der Waals surface area (Å²) in [5, 5.41) is 11.3. The molecule has 0 amide bonds. The van der Waals surface area contributed by atoms with E-state index in [0.717, 1.165) is 42.9 Å². The topological polar surface area (TPSA) is 57.8 Å². The fourth-order valence-electron chi connectivity index (χ4n) is 2.70. The van der Waals surface area contributed by atoms with Crippen LogP contribution < -0.4 is 0 Å².